The zero-order valence-electron chi connectivity index (χ0n) is 12.3. The average molecular weight is 326 g/mol. The third-order valence-electron chi connectivity index (χ3n) is 2.67. The minimum atomic E-state index is -4.73. The van der Waals surface area contributed by atoms with Crippen LogP contribution in [0.2, 0.25) is 0 Å². The molecule has 0 aliphatic rings. The molecule has 2 heterocycles. The molecular formula is C15H13F3N2O3. The van der Waals surface area contributed by atoms with Gasteiger partial charge in [-0.1, -0.05) is 13.8 Å². The molecule has 8 heteroatoms. The Morgan fingerprint density at radius 3 is 2.35 bits per heavy atom. The minimum Gasteiger partial charge on any atom is -0.406 e. The number of aromatic amines is 1. The molecule has 0 spiro atoms. The van der Waals surface area contributed by atoms with Crippen LogP contribution in [-0.4, -0.2) is 16.3 Å². The quantitative estimate of drug-likeness (QED) is 0.769. The first kappa shape index (κ1) is 16.6. The minimum absolute atomic E-state index is 0.271. The standard InChI is InChI=1S/C13H7F3N2O3.C2H6/c14-13(15,16)21-8-3-1-7(2-4-8)9-5-6-10-11(17-9)18-12(19)20-10;1-2/h1-6H,(H,17,18,19);1-2H3. The molecule has 0 aliphatic heterocycles. The normalized spacial score (nSPS) is 11.0. The van der Waals surface area contributed by atoms with Crippen LogP contribution < -0.4 is 10.5 Å². The Morgan fingerprint density at radius 2 is 1.74 bits per heavy atom. The zero-order chi connectivity index (χ0) is 17.0. The van der Waals surface area contributed by atoms with Gasteiger partial charge in [0, 0.05) is 5.56 Å². The Hall–Kier alpha value is -2.77. The number of H-pyrrole nitrogens is 1. The molecule has 122 valence electrons. The van der Waals surface area contributed by atoms with Crippen molar-refractivity contribution in [1.29, 1.82) is 0 Å². The maximum absolute atomic E-state index is 12.1. The smallest absolute Gasteiger partial charge is 0.406 e. The van der Waals surface area contributed by atoms with E-state index in [4.69, 9.17) is 4.42 Å². The summed E-state index contributed by atoms with van der Waals surface area (Å²) >= 11 is 0. The molecule has 0 saturated heterocycles. The van der Waals surface area contributed by atoms with E-state index in [1.165, 1.54) is 24.3 Å². The van der Waals surface area contributed by atoms with Crippen LogP contribution >= 0.6 is 0 Å². The van der Waals surface area contributed by atoms with Crippen molar-refractivity contribution in [2.24, 2.45) is 0 Å². The molecule has 1 aromatic carbocycles. The highest BCUT2D eigenvalue weighted by atomic mass is 19.4. The van der Waals surface area contributed by atoms with Crippen molar-refractivity contribution >= 4 is 11.2 Å². The monoisotopic (exact) mass is 326 g/mol. The molecule has 0 amide bonds. The third kappa shape index (κ3) is 4.12. The Morgan fingerprint density at radius 1 is 1.09 bits per heavy atom. The number of rotatable bonds is 2. The number of halogens is 3. The second-order valence-corrected chi connectivity index (χ2v) is 4.13. The van der Waals surface area contributed by atoms with Crippen molar-refractivity contribution in [1.82, 2.24) is 9.97 Å². The van der Waals surface area contributed by atoms with Gasteiger partial charge in [0.25, 0.3) is 0 Å². The van der Waals surface area contributed by atoms with E-state index in [1.807, 2.05) is 13.8 Å². The summed E-state index contributed by atoms with van der Waals surface area (Å²) in [4.78, 5) is 17.6. The molecule has 0 unspecified atom stereocenters. The summed E-state index contributed by atoms with van der Waals surface area (Å²) < 4.78 is 44.8. The molecular weight excluding hydrogens is 313 g/mol. The van der Waals surface area contributed by atoms with Crippen LogP contribution in [0.3, 0.4) is 0 Å². The number of hydrogen-bond acceptors (Lipinski definition) is 4. The van der Waals surface area contributed by atoms with Crippen molar-refractivity contribution < 1.29 is 22.3 Å². The van der Waals surface area contributed by atoms with E-state index in [1.54, 1.807) is 12.1 Å². The predicted octanol–water partition coefficient (Wildman–Crippen LogP) is 4.11. The second kappa shape index (κ2) is 6.55. The lowest BCUT2D eigenvalue weighted by molar-refractivity contribution is -0.274. The van der Waals surface area contributed by atoms with Crippen molar-refractivity contribution in [2.75, 3.05) is 0 Å². The van der Waals surface area contributed by atoms with E-state index in [2.05, 4.69) is 14.7 Å². The molecule has 2 aromatic heterocycles. The number of ether oxygens (including phenoxy) is 1. The fourth-order valence-electron chi connectivity index (χ4n) is 1.83. The summed E-state index contributed by atoms with van der Waals surface area (Å²) in [7, 11) is 0. The molecule has 1 N–H and O–H groups in total. The highest BCUT2D eigenvalue weighted by molar-refractivity contribution is 5.73. The number of fused-ring (bicyclic) bond motifs is 1. The fourth-order valence-corrected chi connectivity index (χ4v) is 1.83. The number of nitrogens with zero attached hydrogens (tertiary/aromatic N) is 1. The maximum Gasteiger partial charge on any atom is 0.573 e. The van der Waals surface area contributed by atoms with E-state index in [-0.39, 0.29) is 11.4 Å². The van der Waals surface area contributed by atoms with Gasteiger partial charge in [-0.25, -0.2) is 9.78 Å². The first-order valence-electron chi connectivity index (χ1n) is 6.77. The van der Waals surface area contributed by atoms with Crippen LogP contribution in [0.4, 0.5) is 13.2 Å². The third-order valence-corrected chi connectivity index (χ3v) is 2.67. The lowest BCUT2D eigenvalue weighted by Gasteiger charge is -2.09. The van der Waals surface area contributed by atoms with Crippen molar-refractivity contribution in [3.05, 3.63) is 46.9 Å². The highest BCUT2D eigenvalue weighted by Crippen LogP contribution is 2.26. The number of alkyl halides is 3. The summed E-state index contributed by atoms with van der Waals surface area (Å²) in [6.07, 6.45) is -4.73. The van der Waals surface area contributed by atoms with Crippen LogP contribution in [-0.2, 0) is 0 Å². The van der Waals surface area contributed by atoms with Gasteiger partial charge in [-0.3, -0.25) is 4.98 Å². The van der Waals surface area contributed by atoms with Gasteiger partial charge >= 0.3 is 12.1 Å². The molecule has 23 heavy (non-hydrogen) atoms. The first-order chi connectivity index (χ1) is 10.9. The lowest BCUT2D eigenvalue weighted by Crippen LogP contribution is -2.16. The number of pyridine rings is 1. The van der Waals surface area contributed by atoms with Gasteiger partial charge in [-0.2, -0.15) is 0 Å². The van der Waals surface area contributed by atoms with Crippen molar-refractivity contribution in [3.8, 4) is 17.0 Å². The van der Waals surface area contributed by atoms with Gasteiger partial charge in [0.2, 0.25) is 0 Å². The number of hydrogen-bond donors (Lipinski definition) is 1. The van der Waals surface area contributed by atoms with E-state index in [0.29, 0.717) is 16.8 Å². The van der Waals surface area contributed by atoms with Gasteiger partial charge in [-0.15, -0.1) is 13.2 Å². The fraction of sp³-hybridized carbons (Fsp3) is 0.200. The molecule has 0 radical (unpaired) electrons. The summed E-state index contributed by atoms with van der Waals surface area (Å²) in [5, 5.41) is 0. The lowest BCUT2D eigenvalue weighted by atomic mass is 10.1. The van der Waals surface area contributed by atoms with E-state index < -0.39 is 12.1 Å². The number of oxazole rings is 1. The number of nitrogens with one attached hydrogen (secondary N) is 1. The van der Waals surface area contributed by atoms with E-state index in [9.17, 15) is 18.0 Å². The zero-order valence-corrected chi connectivity index (χ0v) is 12.3. The average Bonchev–Trinajstić information content (AvgIpc) is 2.87. The predicted molar refractivity (Wildman–Crippen MR) is 78.1 cm³/mol. The Balaban J connectivity index is 0.000000924. The summed E-state index contributed by atoms with van der Waals surface area (Å²) in [5.41, 5.74) is 1.64. The van der Waals surface area contributed by atoms with Gasteiger partial charge in [-0.05, 0) is 36.4 Å². The van der Waals surface area contributed by atoms with Gasteiger partial charge in [0.15, 0.2) is 11.2 Å². The highest BCUT2D eigenvalue weighted by Gasteiger charge is 2.30. The Kier molecular flexibility index (Phi) is 4.73. The molecule has 3 rings (SSSR count). The molecule has 0 saturated carbocycles. The van der Waals surface area contributed by atoms with Gasteiger partial charge < -0.3 is 9.15 Å². The van der Waals surface area contributed by atoms with Crippen LogP contribution in [0.25, 0.3) is 22.5 Å². The van der Waals surface area contributed by atoms with Crippen molar-refractivity contribution in [2.45, 2.75) is 20.2 Å². The molecule has 3 aromatic rings. The maximum atomic E-state index is 12.1. The van der Waals surface area contributed by atoms with Gasteiger partial charge in [0.05, 0.1) is 5.69 Å². The summed E-state index contributed by atoms with van der Waals surface area (Å²) in [5.74, 6) is -0.937. The van der Waals surface area contributed by atoms with Crippen LogP contribution in [0, 0.1) is 0 Å². The number of benzene rings is 1. The molecule has 0 aliphatic carbocycles. The van der Waals surface area contributed by atoms with E-state index in [0.717, 1.165) is 0 Å². The van der Waals surface area contributed by atoms with Crippen molar-refractivity contribution in [3.63, 3.8) is 0 Å². The van der Waals surface area contributed by atoms with Crippen LogP contribution in [0.5, 0.6) is 5.75 Å². The SMILES string of the molecule is CC.O=c1[nH]c2nc(-c3ccc(OC(F)(F)F)cc3)ccc2o1. The Bertz CT molecular complexity index is 836. The van der Waals surface area contributed by atoms with Gasteiger partial charge in [0.1, 0.15) is 5.75 Å². The summed E-state index contributed by atoms with van der Waals surface area (Å²) in [6, 6.07) is 8.40. The van der Waals surface area contributed by atoms with E-state index >= 15 is 0 Å². The largest absolute Gasteiger partial charge is 0.573 e. The second-order valence-electron chi connectivity index (χ2n) is 4.13. The first-order valence-corrected chi connectivity index (χ1v) is 6.77. The Labute approximate surface area is 128 Å². The molecule has 0 bridgehead atoms. The molecule has 5 nitrogen and oxygen atoms in total. The molecule has 0 fully saturated rings. The van der Waals surface area contributed by atoms with Crippen LogP contribution in [0.1, 0.15) is 13.8 Å². The topological polar surface area (TPSA) is 68.1 Å². The molecule has 0 atom stereocenters. The van der Waals surface area contributed by atoms with Crippen LogP contribution in [0.15, 0.2) is 45.6 Å². The number of aromatic nitrogens is 2. The summed E-state index contributed by atoms with van der Waals surface area (Å²) in [6.45, 7) is 4.00.